The molecule has 1 aliphatic carbocycles. The SMILES string of the molecule is COc1cccc(/C=N/NC(=O)C2CCCCC2)c1OC. The third-order valence-corrected chi connectivity index (χ3v) is 3.79. The first-order valence-corrected chi connectivity index (χ1v) is 7.30. The first-order chi connectivity index (χ1) is 10.3. The number of carbonyl (C=O) groups excluding carboxylic acids is 1. The summed E-state index contributed by atoms with van der Waals surface area (Å²) >= 11 is 0. The van der Waals surface area contributed by atoms with Crippen LogP contribution < -0.4 is 14.9 Å². The van der Waals surface area contributed by atoms with Gasteiger partial charge in [0.15, 0.2) is 11.5 Å². The maximum absolute atomic E-state index is 12.0. The molecule has 1 aliphatic rings. The molecule has 0 unspecified atom stereocenters. The number of ether oxygens (including phenoxy) is 2. The molecule has 0 bridgehead atoms. The fourth-order valence-electron chi connectivity index (χ4n) is 2.64. The quantitative estimate of drug-likeness (QED) is 0.670. The minimum Gasteiger partial charge on any atom is -0.493 e. The van der Waals surface area contributed by atoms with Crippen LogP contribution in [0.1, 0.15) is 37.7 Å². The van der Waals surface area contributed by atoms with E-state index in [1.54, 1.807) is 20.4 Å². The third-order valence-electron chi connectivity index (χ3n) is 3.79. The molecular weight excluding hydrogens is 268 g/mol. The van der Waals surface area contributed by atoms with Crippen molar-refractivity contribution in [2.24, 2.45) is 11.0 Å². The first-order valence-electron chi connectivity index (χ1n) is 7.30. The monoisotopic (exact) mass is 290 g/mol. The van der Waals surface area contributed by atoms with Crippen LogP contribution in [0.4, 0.5) is 0 Å². The molecular formula is C16H22N2O3. The summed E-state index contributed by atoms with van der Waals surface area (Å²) in [4.78, 5) is 12.0. The van der Waals surface area contributed by atoms with E-state index in [1.165, 1.54) is 6.42 Å². The van der Waals surface area contributed by atoms with E-state index in [0.717, 1.165) is 31.2 Å². The van der Waals surface area contributed by atoms with Crippen LogP contribution in [0.5, 0.6) is 11.5 Å². The Labute approximate surface area is 125 Å². The first kappa shape index (κ1) is 15.4. The maximum atomic E-state index is 12.0. The molecule has 0 atom stereocenters. The van der Waals surface area contributed by atoms with Crippen molar-refractivity contribution in [1.82, 2.24) is 5.43 Å². The lowest BCUT2D eigenvalue weighted by molar-refractivity contribution is -0.125. The van der Waals surface area contributed by atoms with E-state index in [2.05, 4.69) is 10.5 Å². The van der Waals surface area contributed by atoms with Gasteiger partial charge < -0.3 is 9.47 Å². The van der Waals surface area contributed by atoms with Crippen molar-refractivity contribution in [3.8, 4) is 11.5 Å². The van der Waals surface area contributed by atoms with Gasteiger partial charge in [-0.1, -0.05) is 25.3 Å². The van der Waals surface area contributed by atoms with E-state index in [-0.39, 0.29) is 11.8 Å². The van der Waals surface area contributed by atoms with Crippen LogP contribution >= 0.6 is 0 Å². The van der Waals surface area contributed by atoms with Crippen LogP contribution in [0.25, 0.3) is 0 Å². The van der Waals surface area contributed by atoms with Crippen molar-refractivity contribution in [3.05, 3.63) is 23.8 Å². The number of hydrazone groups is 1. The van der Waals surface area contributed by atoms with Gasteiger partial charge in [0, 0.05) is 11.5 Å². The van der Waals surface area contributed by atoms with Crippen LogP contribution in [0, 0.1) is 5.92 Å². The Balaban J connectivity index is 1.99. The fourth-order valence-corrected chi connectivity index (χ4v) is 2.64. The zero-order valence-corrected chi connectivity index (χ0v) is 12.6. The molecule has 0 saturated heterocycles. The Bertz CT molecular complexity index is 508. The minimum absolute atomic E-state index is 0.00723. The number of benzene rings is 1. The van der Waals surface area contributed by atoms with Gasteiger partial charge >= 0.3 is 0 Å². The van der Waals surface area contributed by atoms with Crippen molar-refractivity contribution in [2.75, 3.05) is 14.2 Å². The van der Waals surface area contributed by atoms with Crippen molar-refractivity contribution in [2.45, 2.75) is 32.1 Å². The molecule has 0 heterocycles. The molecule has 1 saturated carbocycles. The molecule has 1 aromatic carbocycles. The van der Waals surface area contributed by atoms with Gasteiger partial charge in [-0.25, -0.2) is 5.43 Å². The highest BCUT2D eigenvalue weighted by molar-refractivity contribution is 5.86. The van der Waals surface area contributed by atoms with E-state index < -0.39 is 0 Å². The topological polar surface area (TPSA) is 59.9 Å². The lowest BCUT2D eigenvalue weighted by Gasteiger charge is -2.19. The van der Waals surface area contributed by atoms with Gasteiger partial charge in [-0.05, 0) is 25.0 Å². The molecule has 5 heteroatoms. The van der Waals surface area contributed by atoms with E-state index in [9.17, 15) is 4.79 Å². The highest BCUT2D eigenvalue weighted by Gasteiger charge is 2.20. The Hall–Kier alpha value is -2.04. The van der Waals surface area contributed by atoms with Crippen LogP contribution in [0.2, 0.25) is 0 Å². The molecule has 114 valence electrons. The molecule has 1 aromatic rings. The second-order valence-corrected chi connectivity index (χ2v) is 5.15. The summed E-state index contributed by atoms with van der Waals surface area (Å²) in [5.41, 5.74) is 3.39. The number of carbonyl (C=O) groups is 1. The summed E-state index contributed by atoms with van der Waals surface area (Å²) in [6.45, 7) is 0. The zero-order valence-electron chi connectivity index (χ0n) is 12.6. The Morgan fingerprint density at radius 2 is 2.00 bits per heavy atom. The third kappa shape index (κ3) is 3.97. The van der Waals surface area contributed by atoms with Gasteiger partial charge in [-0.3, -0.25) is 4.79 Å². The average molecular weight is 290 g/mol. The number of hydrogen-bond acceptors (Lipinski definition) is 4. The smallest absolute Gasteiger partial charge is 0.243 e. The molecule has 2 rings (SSSR count). The normalized spacial score (nSPS) is 15.9. The number of rotatable bonds is 5. The Morgan fingerprint density at radius 1 is 1.24 bits per heavy atom. The Morgan fingerprint density at radius 3 is 2.67 bits per heavy atom. The summed E-state index contributed by atoms with van der Waals surface area (Å²) < 4.78 is 10.5. The molecule has 1 amide bonds. The molecule has 1 N–H and O–H groups in total. The van der Waals surface area contributed by atoms with Gasteiger partial charge in [0.05, 0.1) is 20.4 Å². The lowest BCUT2D eigenvalue weighted by Crippen LogP contribution is -2.28. The van der Waals surface area contributed by atoms with E-state index in [4.69, 9.17) is 9.47 Å². The van der Waals surface area contributed by atoms with E-state index >= 15 is 0 Å². The average Bonchev–Trinajstić information content (AvgIpc) is 2.55. The standard InChI is InChI=1S/C16H22N2O3/c1-20-14-10-6-9-13(15(14)21-2)11-17-18-16(19)12-7-4-3-5-8-12/h6,9-12H,3-5,7-8H2,1-2H3,(H,18,19)/b17-11+. The van der Waals surface area contributed by atoms with Crippen LogP contribution in [-0.4, -0.2) is 26.3 Å². The van der Waals surface area contributed by atoms with Crippen LogP contribution in [0.3, 0.4) is 0 Å². The summed E-state index contributed by atoms with van der Waals surface area (Å²) in [5.74, 6) is 1.35. The number of nitrogens with one attached hydrogen (secondary N) is 1. The van der Waals surface area contributed by atoms with Crippen LogP contribution in [-0.2, 0) is 4.79 Å². The molecule has 1 fully saturated rings. The van der Waals surface area contributed by atoms with E-state index in [0.29, 0.717) is 11.5 Å². The van der Waals surface area contributed by atoms with Crippen LogP contribution in [0.15, 0.2) is 23.3 Å². The van der Waals surface area contributed by atoms with Gasteiger partial charge in [-0.2, -0.15) is 5.10 Å². The summed E-state index contributed by atoms with van der Waals surface area (Å²) in [6.07, 6.45) is 7.00. The number of hydrogen-bond donors (Lipinski definition) is 1. The molecule has 21 heavy (non-hydrogen) atoms. The molecule has 0 aliphatic heterocycles. The van der Waals surface area contributed by atoms with Gasteiger partial charge in [0.2, 0.25) is 5.91 Å². The van der Waals surface area contributed by atoms with Gasteiger partial charge in [0.1, 0.15) is 0 Å². The minimum atomic E-state index is 0.00723. The molecule has 0 aromatic heterocycles. The van der Waals surface area contributed by atoms with Crippen molar-refractivity contribution < 1.29 is 14.3 Å². The lowest BCUT2D eigenvalue weighted by atomic mass is 9.89. The second kappa shape index (κ2) is 7.67. The maximum Gasteiger partial charge on any atom is 0.243 e. The molecule has 5 nitrogen and oxygen atoms in total. The zero-order chi connectivity index (χ0) is 15.1. The number of amides is 1. The summed E-state index contributed by atoms with van der Waals surface area (Å²) in [6, 6.07) is 5.53. The molecule has 0 spiro atoms. The number of nitrogens with zero attached hydrogens (tertiary/aromatic N) is 1. The highest BCUT2D eigenvalue weighted by atomic mass is 16.5. The predicted molar refractivity (Wildman–Crippen MR) is 81.9 cm³/mol. The summed E-state index contributed by atoms with van der Waals surface area (Å²) in [7, 11) is 3.17. The molecule has 0 radical (unpaired) electrons. The fraction of sp³-hybridized carbons (Fsp3) is 0.500. The second-order valence-electron chi connectivity index (χ2n) is 5.15. The van der Waals surface area contributed by atoms with Gasteiger partial charge in [-0.15, -0.1) is 0 Å². The Kier molecular flexibility index (Phi) is 5.60. The predicted octanol–water partition coefficient (Wildman–Crippen LogP) is 2.73. The van der Waals surface area contributed by atoms with E-state index in [1.807, 2.05) is 18.2 Å². The van der Waals surface area contributed by atoms with Crippen molar-refractivity contribution in [3.63, 3.8) is 0 Å². The number of methoxy groups -OCH3 is 2. The van der Waals surface area contributed by atoms with Gasteiger partial charge in [0.25, 0.3) is 0 Å². The largest absolute Gasteiger partial charge is 0.493 e. The van der Waals surface area contributed by atoms with Crippen molar-refractivity contribution in [1.29, 1.82) is 0 Å². The summed E-state index contributed by atoms with van der Waals surface area (Å²) in [5, 5.41) is 4.04. The number of para-hydroxylation sites is 1. The van der Waals surface area contributed by atoms with Crippen molar-refractivity contribution >= 4 is 12.1 Å². The highest BCUT2D eigenvalue weighted by Crippen LogP contribution is 2.29.